The highest BCUT2D eigenvalue weighted by atomic mass is 16.3. The molecule has 22 heavy (non-hydrogen) atoms. The van der Waals surface area contributed by atoms with E-state index < -0.39 is 5.60 Å². The monoisotopic (exact) mass is 294 g/mol. The second kappa shape index (κ2) is 4.40. The molecular weight excluding hydrogens is 272 g/mol. The molecular formula is C20H22O2. The summed E-state index contributed by atoms with van der Waals surface area (Å²) >= 11 is 0. The van der Waals surface area contributed by atoms with E-state index in [2.05, 4.69) is 18.9 Å². The first kappa shape index (κ1) is 13.9. The van der Waals surface area contributed by atoms with Gasteiger partial charge >= 0.3 is 0 Å². The fourth-order valence-corrected chi connectivity index (χ4v) is 5.21. The van der Waals surface area contributed by atoms with Crippen LogP contribution in [0.2, 0.25) is 0 Å². The van der Waals surface area contributed by atoms with Gasteiger partial charge in [0.2, 0.25) is 0 Å². The minimum atomic E-state index is -0.963. The minimum absolute atomic E-state index is 0.204. The van der Waals surface area contributed by atoms with E-state index in [0.29, 0.717) is 24.0 Å². The number of terminal acetylenes is 1. The second-order valence-corrected chi connectivity index (χ2v) is 7.42. The van der Waals surface area contributed by atoms with Crippen LogP contribution in [0.4, 0.5) is 0 Å². The first-order valence-corrected chi connectivity index (χ1v) is 8.21. The molecule has 1 fully saturated rings. The lowest BCUT2D eigenvalue weighted by Crippen LogP contribution is -2.47. The van der Waals surface area contributed by atoms with Crippen LogP contribution in [0.25, 0.3) is 5.57 Å². The number of hydrogen-bond acceptors (Lipinski definition) is 2. The third kappa shape index (κ3) is 1.61. The lowest BCUT2D eigenvalue weighted by atomic mass is 9.57. The Morgan fingerprint density at radius 3 is 2.91 bits per heavy atom. The molecule has 4 atom stereocenters. The zero-order valence-electron chi connectivity index (χ0n) is 13.0. The summed E-state index contributed by atoms with van der Waals surface area (Å²) in [4.78, 5) is 0. The smallest absolute Gasteiger partial charge is 0.131 e. The molecule has 2 heteroatoms. The van der Waals surface area contributed by atoms with Crippen molar-refractivity contribution in [2.45, 2.75) is 44.6 Å². The Hall–Kier alpha value is -1.72. The fourth-order valence-electron chi connectivity index (χ4n) is 5.21. The predicted octanol–water partition coefficient (Wildman–Crippen LogP) is 3.52. The van der Waals surface area contributed by atoms with E-state index in [4.69, 9.17) is 6.42 Å². The highest BCUT2D eigenvalue weighted by Gasteiger charge is 2.59. The first-order valence-electron chi connectivity index (χ1n) is 8.21. The topological polar surface area (TPSA) is 40.5 Å². The Bertz CT molecular complexity index is 711. The highest BCUT2D eigenvalue weighted by Crippen LogP contribution is 2.62. The summed E-state index contributed by atoms with van der Waals surface area (Å²) in [5, 5.41) is 20.6. The SMILES string of the molecule is C#CC1(O)CCC2C3CCc4cc(O)ccc4C3=CC[C@@]21C. The number of hydrogen-bond donors (Lipinski definition) is 2. The molecule has 4 rings (SSSR count). The van der Waals surface area contributed by atoms with Gasteiger partial charge in [-0.3, -0.25) is 0 Å². The van der Waals surface area contributed by atoms with Gasteiger partial charge in [0.25, 0.3) is 0 Å². The maximum absolute atomic E-state index is 10.9. The number of phenolic OH excluding ortho intramolecular Hbond substituents is 1. The number of rotatable bonds is 0. The molecule has 3 unspecified atom stereocenters. The summed E-state index contributed by atoms with van der Waals surface area (Å²) in [6, 6.07) is 5.72. The summed E-state index contributed by atoms with van der Waals surface area (Å²) in [5.41, 5.74) is 2.77. The summed E-state index contributed by atoms with van der Waals surface area (Å²) in [7, 11) is 0. The molecule has 1 aromatic rings. The number of phenols is 1. The zero-order valence-corrected chi connectivity index (χ0v) is 13.0. The van der Waals surface area contributed by atoms with Crippen LogP contribution >= 0.6 is 0 Å². The minimum Gasteiger partial charge on any atom is -0.508 e. The largest absolute Gasteiger partial charge is 0.508 e. The van der Waals surface area contributed by atoms with Gasteiger partial charge in [0.05, 0.1) is 0 Å². The van der Waals surface area contributed by atoms with E-state index in [-0.39, 0.29) is 5.41 Å². The van der Waals surface area contributed by atoms with Gasteiger partial charge in [-0.25, -0.2) is 0 Å². The number of allylic oxidation sites excluding steroid dienone is 2. The maximum atomic E-state index is 10.9. The number of benzene rings is 1. The molecule has 0 aliphatic heterocycles. The van der Waals surface area contributed by atoms with Crippen LogP contribution in [0.1, 0.15) is 43.7 Å². The molecule has 0 radical (unpaired) electrons. The Labute approximate surface area is 131 Å². The molecule has 0 amide bonds. The molecule has 3 aliphatic carbocycles. The van der Waals surface area contributed by atoms with E-state index in [0.717, 1.165) is 25.7 Å². The van der Waals surface area contributed by atoms with Crippen molar-refractivity contribution in [1.82, 2.24) is 0 Å². The van der Waals surface area contributed by atoms with Crippen LogP contribution in [0, 0.1) is 29.6 Å². The van der Waals surface area contributed by atoms with Crippen LogP contribution < -0.4 is 0 Å². The number of aryl methyl sites for hydroxylation is 1. The lowest BCUT2D eigenvalue weighted by Gasteiger charge is -2.48. The van der Waals surface area contributed by atoms with E-state index in [9.17, 15) is 10.2 Å². The molecule has 2 nitrogen and oxygen atoms in total. The summed E-state index contributed by atoms with van der Waals surface area (Å²) in [5.74, 6) is 3.98. The van der Waals surface area contributed by atoms with Gasteiger partial charge in [0.15, 0.2) is 0 Å². The van der Waals surface area contributed by atoms with Crippen molar-refractivity contribution in [3.05, 3.63) is 35.4 Å². The van der Waals surface area contributed by atoms with Crippen molar-refractivity contribution in [1.29, 1.82) is 0 Å². The van der Waals surface area contributed by atoms with Crippen molar-refractivity contribution >= 4 is 5.57 Å². The first-order chi connectivity index (χ1) is 10.5. The Morgan fingerprint density at radius 2 is 2.14 bits per heavy atom. The Morgan fingerprint density at radius 1 is 1.32 bits per heavy atom. The van der Waals surface area contributed by atoms with Gasteiger partial charge in [-0.1, -0.05) is 25.0 Å². The zero-order chi connectivity index (χ0) is 15.5. The highest BCUT2D eigenvalue weighted by molar-refractivity contribution is 5.74. The molecule has 0 spiro atoms. The molecule has 0 bridgehead atoms. The molecule has 2 N–H and O–H groups in total. The number of fused-ring (bicyclic) bond motifs is 5. The third-order valence-electron chi connectivity index (χ3n) is 6.57. The maximum Gasteiger partial charge on any atom is 0.131 e. The van der Waals surface area contributed by atoms with Gasteiger partial charge in [0, 0.05) is 5.41 Å². The molecule has 0 heterocycles. The molecule has 1 aromatic carbocycles. The van der Waals surface area contributed by atoms with Crippen molar-refractivity contribution < 1.29 is 10.2 Å². The van der Waals surface area contributed by atoms with Gasteiger partial charge in [-0.05, 0) is 72.8 Å². The average molecular weight is 294 g/mol. The quantitative estimate of drug-likeness (QED) is 0.719. The van der Waals surface area contributed by atoms with Gasteiger partial charge in [0.1, 0.15) is 11.4 Å². The molecule has 3 aliphatic rings. The van der Waals surface area contributed by atoms with Gasteiger partial charge < -0.3 is 10.2 Å². The molecule has 114 valence electrons. The lowest BCUT2D eigenvalue weighted by molar-refractivity contribution is -0.0299. The summed E-state index contributed by atoms with van der Waals surface area (Å²) in [6.45, 7) is 2.17. The molecule has 1 saturated carbocycles. The summed E-state index contributed by atoms with van der Waals surface area (Å²) < 4.78 is 0. The van der Waals surface area contributed by atoms with Crippen molar-refractivity contribution in [2.24, 2.45) is 17.3 Å². The van der Waals surface area contributed by atoms with Crippen molar-refractivity contribution in [3.8, 4) is 18.1 Å². The number of aliphatic hydroxyl groups is 1. The van der Waals surface area contributed by atoms with Crippen LogP contribution in [0.5, 0.6) is 5.75 Å². The molecule has 0 saturated heterocycles. The fraction of sp³-hybridized carbons (Fsp3) is 0.500. The van der Waals surface area contributed by atoms with E-state index >= 15 is 0 Å². The van der Waals surface area contributed by atoms with Gasteiger partial charge in [-0.15, -0.1) is 6.42 Å². The van der Waals surface area contributed by atoms with Crippen LogP contribution in [-0.2, 0) is 6.42 Å². The van der Waals surface area contributed by atoms with Crippen molar-refractivity contribution in [2.75, 3.05) is 0 Å². The average Bonchev–Trinajstić information content (AvgIpc) is 2.79. The standard InChI is InChI=1S/C20H22O2/c1-3-20(22)11-9-18-17-6-4-13-12-14(21)5-7-15(13)16(17)8-10-19(18,20)2/h1,5,7-8,12,17-18,21-22H,4,6,9-11H2,2H3/t17?,18?,19-,20?/m0/s1. The normalized spacial score (nSPS) is 39.2. The predicted molar refractivity (Wildman–Crippen MR) is 87.1 cm³/mol. The number of aromatic hydroxyl groups is 1. The second-order valence-electron chi connectivity index (χ2n) is 7.42. The molecule has 0 aromatic heterocycles. The van der Waals surface area contributed by atoms with Crippen LogP contribution in [-0.4, -0.2) is 15.8 Å². The van der Waals surface area contributed by atoms with Crippen molar-refractivity contribution in [3.63, 3.8) is 0 Å². The van der Waals surface area contributed by atoms with Crippen LogP contribution in [0.15, 0.2) is 24.3 Å². The summed E-state index contributed by atoms with van der Waals surface area (Å²) in [6.07, 6.45) is 12.6. The van der Waals surface area contributed by atoms with Crippen LogP contribution in [0.3, 0.4) is 0 Å². The van der Waals surface area contributed by atoms with Gasteiger partial charge in [-0.2, -0.15) is 0 Å². The van der Waals surface area contributed by atoms with E-state index in [1.807, 2.05) is 12.1 Å². The van der Waals surface area contributed by atoms with E-state index in [1.165, 1.54) is 16.7 Å². The van der Waals surface area contributed by atoms with E-state index in [1.54, 1.807) is 6.07 Å². The Kier molecular flexibility index (Phi) is 2.78. The Balaban J connectivity index is 1.80. The third-order valence-corrected chi connectivity index (χ3v) is 6.57.